The van der Waals surface area contributed by atoms with Gasteiger partial charge < -0.3 is 5.11 Å². The summed E-state index contributed by atoms with van der Waals surface area (Å²) in [5.41, 5.74) is 6.72. The smallest absolute Gasteiger partial charge is 0.121 e. The van der Waals surface area contributed by atoms with Gasteiger partial charge in [0.05, 0.1) is 5.71 Å². The van der Waals surface area contributed by atoms with Gasteiger partial charge in [0.1, 0.15) is 6.10 Å². The maximum absolute atomic E-state index is 11.2. The van der Waals surface area contributed by atoms with Gasteiger partial charge in [0.25, 0.3) is 0 Å². The zero-order chi connectivity index (χ0) is 18.9. The summed E-state index contributed by atoms with van der Waals surface area (Å²) in [4.78, 5) is 4.32. The maximum Gasteiger partial charge on any atom is 0.121 e. The van der Waals surface area contributed by atoms with E-state index in [0.29, 0.717) is 11.8 Å². The number of benzene rings is 1. The van der Waals surface area contributed by atoms with Crippen molar-refractivity contribution in [2.24, 2.45) is 10.4 Å². The van der Waals surface area contributed by atoms with E-state index >= 15 is 0 Å². The first kappa shape index (κ1) is 19.7. The molecular formula is C23H33NO. The molecule has 0 saturated heterocycles. The quantitative estimate of drug-likeness (QED) is 0.749. The average molecular weight is 340 g/mol. The molecule has 0 amide bonds. The first-order valence-corrected chi connectivity index (χ1v) is 9.30. The van der Waals surface area contributed by atoms with Gasteiger partial charge in [-0.1, -0.05) is 72.7 Å². The fraction of sp³-hybridized carbons (Fsp3) is 0.522. The molecule has 136 valence electrons. The number of nitrogens with zero attached hydrogens (tertiary/aromatic N) is 1. The van der Waals surface area contributed by atoms with Crippen molar-refractivity contribution in [1.82, 2.24) is 0 Å². The minimum atomic E-state index is -0.679. The lowest BCUT2D eigenvalue weighted by Gasteiger charge is -2.33. The zero-order valence-corrected chi connectivity index (χ0v) is 17.0. The van der Waals surface area contributed by atoms with Crippen molar-refractivity contribution >= 4 is 11.3 Å². The molecule has 0 saturated carbocycles. The average Bonchev–Trinajstić information content (AvgIpc) is 2.52. The molecule has 0 fully saturated rings. The Labute approximate surface area is 153 Å². The molecule has 25 heavy (non-hydrogen) atoms. The summed E-state index contributed by atoms with van der Waals surface area (Å²) < 4.78 is 0. The van der Waals surface area contributed by atoms with Crippen LogP contribution < -0.4 is 0 Å². The second-order valence-corrected chi connectivity index (χ2v) is 8.58. The van der Waals surface area contributed by atoms with Crippen molar-refractivity contribution in [3.05, 3.63) is 52.6 Å². The molecule has 1 aromatic carbocycles. The summed E-state index contributed by atoms with van der Waals surface area (Å²) in [7, 11) is 1.75. The molecule has 1 N–H and O–H groups in total. The van der Waals surface area contributed by atoms with Crippen LogP contribution in [0.3, 0.4) is 0 Å². The number of aliphatic hydroxyl groups excluding tert-OH is 1. The van der Waals surface area contributed by atoms with E-state index in [2.05, 4.69) is 77.7 Å². The van der Waals surface area contributed by atoms with E-state index in [-0.39, 0.29) is 5.41 Å². The standard InChI is InChI=1S/C23H33NO/c1-14(2)16-10-9-11-17(15(3)4)20(16)21-18(23(5,6)7)12-13-19(24-8)22(21)25/h9-15,22,25H,1-8H3. The SMILES string of the molecule is CN=C1C=CC(C(C)(C)C)=C(c2c(C(C)C)cccc2C(C)C)C1O. The lowest BCUT2D eigenvalue weighted by atomic mass is 9.73. The van der Waals surface area contributed by atoms with Crippen LogP contribution in [0.15, 0.2) is 40.9 Å². The van der Waals surface area contributed by atoms with E-state index in [1.807, 2.05) is 6.08 Å². The number of rotatable bonds is 3. The summed E-state index contributed by atoms with van der Waals surface area (Å²) in [5, 5.41) is 11.2. The summed E-state index contributed by atoms with van der Waals surface area (Å²) in [6.07, 6.45) is 3.43. The Morgan fingerprint density at radius 1 is 0.960 bits per heavy atom. The van der Waals surface area contributed by atoms with Crippen molar-refractivity contribution in [3.63, 3.8) is 0 Å². The lowest BCUT2D eigenvalue weighted by molar-refractivity contribution is 0.294. The van der Waals surface area contributed by atoms with Gasteiger partial charge >= 0.3 is 0 Å². The molecule has 1 atom stereocenters. The van der Waals surface area contributed by atoms with E-state index in [0.717, 1.165) is 11.3 Å². The topological polar surface area (TPSA) is 32.6 Å². The van der Waals surface area contributed by atoms with Gasteiger partial charge in [-0.05, 0) is 51.2 Å². The van der Waals surface area contributed by atoms with Gasteiger partial charge in [-0.3, -0.25) is 4.99 Å². The predicted octanol–water partition coefficient (Wildman–Crippen LogP) is 5.73. The molecule has 1 aliphatic rings. The van der Waals surface area contributed by atoms with E-state index in [1.165, 1.54) is 22.3 Å². The van der Waals surface area contributed by atoms with E-state index in [9.17, 15) is 5.11 Å². The van der Waals surface area contributed by atoms with Gasteiger partial charge in [-0.25, -0.2) is 0 Å². The largest absolute Gasteiger partial charge is 0.382 e. The van der Waals surface area contributed by atoms with Crippen LogP contribution in [0.1, 0.15) is 77.0 Å². The maximum atomic E-state index is 11.2. The molecular weight excluding hydrogens is 306 g/mol. The third-order valence-electron chi connectivity index (χ3n) is 4.97. The predicted molar refractivity (Wildman–Crippen MR) is 110 cm³/mol. The summed E-state index contributed by atoms with van der Waals surface area (Å²) >= 11 is 0. The Kier molecular flexibility index (Phi) is 5.73. The van der Waals surface area contributed by atoms with Crippen molar-refractivity contribution in [1.29, 1.82) is 0 Å². The molecule has 2 nitrogen and oxygen atoms in total. The van der Waals surface area contributed by atoms with Crippen LogP contribution in [0.25, 0.3) is 5.57 Å². The highest BCUT2D eigenvalue weighted by atomic mass is 16.3. The fourth-order valence-corrected chi connectivity index (χ4v) is 3.63. The Hall–Kier alpha value is -1.67. The minimum absolute atomic E-state index is 0.0512. The minimum Gasteiger partial charge on any atom is -0.382 e. The molecule has 1 aromatic rings. The highest BCUT2D eigenvalue weighted by molar-refractivity contribution is 6.10. The van der Waals surface area contributed by atoms with Gasteiger partial charge in [0, 0.05) is 7.05 Å². The second-order valence-electron chi connectivity index (χ2n) is 8.58. The van der Waals surface area contributed by atoms with Gasteiger partial charge in [0.15, 0.2) is 0 Å². The third-order valence-corrected chi connectivity index (χ3v) is 4.97. The van der Waals surface area contributed by atoms with Crippen molar-refractivity contribution < 1.29 is 5.11 Å². The molecule has 0 heterocycles. The molecule has 1 unspecified atom stereocenters. The summed E-state index contributed by atoms with van der Waals surface area (Å²) in [6, 6.07) is 6.55. The number of allylic oxidation sites excluding steroid dienone is 2. The Balaban J connectivity index is 2.92. The van der Waals surface area contributed by atoms with Crippen LogP contribution in [0, 0.1) is 5.41 Å². The molecule has 0 bridgehead atoms. The molecule has 1 aliphatic carbocycles. The Morgan fingerprint density at radius 2 is 1.48 bits per heavy atom. The number of hydrogen-bond acceptors (Lipinski definition) is 2. The Bertz CT molecular complexity index is 701. The number of aliphatic hydroxyl groups is 1. The highest BCUT2D eigenvalue weighted by Crippen LogP contribution is 2.43. The van der Waals surface area contributed by atoms with Gasteiger partial charge in [-0.2, -0.15) is 0 Å². The first-order chi connectivity index (χ1) is 11.6. The highest BCUT2D eigenvalue weighted by Gasteiger charge is 2.32. The fourth-order valence-electron chi connectivity index (χ4n) is 3.63. The monoisotopic (exact) mass is 339 g/mol. The lowest BCUT2D eigenvalue weighted by Crippen LogP contribution is -2.29. The van der Waals surface area contributed by atoms with Crippen LogP contribution in [-0.2, 0) is 0 Å². The van der Waals surface area contributed by atoms with E-state index in [4.69, 9.17) is 0 Å². The normalized spacial score (nSPS) is 20.3. The second kappa shape index (κ2) is 7.29. The van der Waals surface area contributed by atoms with Gasteiger partial charge in [0.2, 0.25) is 0 Å². The molecule has 2 heteroatoms. The third kappa shape index (κ3) is 3.79. The van der Waals surface area contributed by atoms with E-state index < -0.39 is 6.10 Å². The summed E-state index contributed by atoms with van der Waals surface area (Å²) in [5.74, 6) is 0.782. The number of aliphatic imine (C=N–C) groups is 1. The van der Waals surface area contributed by atoms with Crippen LogP contribution >= 0.6 is 0 Å². The van der Waals surface area contributed by atoms with Crippen LogP contribution in [0.4, 0.5) is 0 Å². The van der Waals surface area contributed by atoms with Crippen molar-refractivity contribution in [2.45, 2.75) is 66.4 Å². The van der Waals surface area contributed by atoms with Crippen LogP contribution in [-0.4, -0.2) is 24.0 Å². The number of hydrogen-bond donors (Lipinski definition) is 1. The van der Waals surface area contributed by atoms with Crippen LogP contribution in [0.5, 0.6) is 0 Å². The molecule has 0 radical (unpaired) electrons. The Morgan fingerprint density at radius 3 is 1.88 bits per heavy atom. The summed E-state index contributed by atoms with van der Waals surface area (Å²) in [6.45, 7) is 15.5. The van der Waals surface area contributed by atoms with Gasteiger partial charge in [-0.15, -0.1) is 0 Å². The van der Waals surface area contributed by atoms with Crippen molar-refractivity contribution in [2.75, 3.05) is 7.05 Å². The van der Waals surface area contributed by atoms with Crippen LogP contribution in [0.2, 0.25) is 0 Å². The van der Waals surface area contributed by atoms with Crippen molar-refractivity contribution in [3.8, 4) is 0 Å². The first-order valence-electron chi connectivity index (χ1n) is 9.30. The van der Waals surface area contributed by atoms with E-state index in [1.54, 1.807) is 7.05 Å². The molecule has 0 aromatic heterocycles. The molecule has 0 spiro atoms. The molecule has 0 aliphatic heterocycles. The molecule has 2 rings (SSSR count). The zero-order valence-electron chi connectivity index (χ0n) is 17.0.